The molecule has 3 atom stereocenters. The van der Waals surface area contributed by atoms with Gasteiger partial charge in [0.25, 0.3) is 17.7 Å². The lowest BCUT2D eigenvalue weighted by molar-refractivity contribution is -0.142. The summed E-state index contributed by atoms with van der Waals surface area (Å²) in [7, 11) is 0. The van der Waals surface area contributed by atoms with E-state index in [0.717, 1.165) is 0 Å². The van der Waals surface area contributed by atoms with E-state index in [1.807, 2.05) is 0 Å². The second-order valence-electron chi connectivity index (χ2n) is 26.5. The quantitative estimate of drug-likeness (QED) is 0.0563. The highest BCUT2D eigenvalue weighted by molar-refractivity contribution is 6.31. The molecular weight excluding hydrogens is 1570 g/mol. The first-order valence-electron chi connectivity index (χ1n) is 35.1. The lowest BCUT2D eigenvalue weighted by Gasteiger charge is -2.34. The Balaban J connectivity index is 0.000000129. The van der Waals surface area contributed by atoms with Gasteiger partial charge in [0, 0.05) is 88.6 Å². The average Bonchev–Trinajstić information content (AvgIpc) is 1.63. The van der Waals surface area contributed by atoms with Crippen LogP contribution in [0.15, 0.2) is 147 Å². The highest BCUT2D eigenvalue weighted by Gasteiger charge is 2.44. The van der Waals surface area contributed by atoms with Crippen molar-refractivity contribution >= 4 is 104 Å². The molecule has 3 aromatic carbocycles. The van der Waals surface area contributed by atoms with E-state index in [1.165, 1.54) is 138 Å². The van der Waals surface area contributed by atoms with Crippen LogP contribution in [0.25, 0.3) is 50.7 Å². The van der Waals surface area contributed by atoms with E-state index < -0.39 is 55.7 Å². The normalized spacial score (nSPS) is 17.8. The third-order valence-electron chi connectivity index (χ3n) is 19.5. The van der Waals surface area contributed by atoms with Crippen LogP contribution in [-0.2, 0) is 28.6 Å². The molecule has 9 aromatic heterocycles. The molecule has 42 heteroatoms. The van der Waals surface area contributed by atoms with Crippen LogP contribution in [0.3, 0.4) is 0 Å². The number of aromatic nitrogens is 15. The van der Waals surface area contributed by atoms with Gasteiger partial charge in [-0.2, -0.15) is 56.9 Å². The van der Waals surface area contributed by atoms with Gasteiger partial charge in [0.1, 0.15) is 69.1 Å². The summed E-state index contributed by atoms with van der Waals surface area (Å²) in [5.41, 5.74) is 2.76. The summed E-state index contributed by atoms with van der Waals surface area (Å²) in [6.45, 7) is -4.84. The van der Waals surface area contributed by atoms with Gasteiger partial charge in [0.2, 0.25) is 17.7 Å². The Morgan fingerprint density at radius 3 is 0.965 bits per heavy atom. The van der Waals surface area contributed by atoms with Crippen molar-refractivity contribution in [1.29, 1.82) is 0 Å². The number of carbonyl (C=O) groups excluding carboxylic acids is 6. The lowest BCUT2D eigenvalue weighted by Crippen LogP contribution is -2.50. The number of hydrogen-bond acceptors (Lipinski definition) is 21. The maximum Gasteiger partial charge on any atom is 0.387 e. The number of nitrogens with one attached hydrogen (secondary N) is 3. The number of anilines is 3. The molecule has 114 heavy (non-hydrogen) atoms. The number of nitrogens with zero attached hydrogens (tertiary/aromatic N) is 18. The fourth-order valence-corrected chi connectivity index (χ4v) is 14.3. The third-order valence-corrected chi connectivity index (χ3v) is 20.2. The van der Waals surface area contributed by atoms with Crippen LogP contribution < -0.4 is 30.2 Å². The molecule has 588 valence electrons. The molecule has 0 radical (unpaired) electrons. The van der Waals surface area contributed by atoms with Crippen molar-refractivity contribution in [2.45, 2.75) is 75.3 Å². The first-order chi connectivity index (χ1) is 55.2. The summed E-state index contributed by atoms with van der Waals surface area (Å²) in [6, 6.07) is 15.5. The monoisotopic (exact) mass is 1630 g/mol. The molecule has 6 aliphatic heterocycles. The fraction of sp³-hybridized carbons (Fsp3) is 0.292. The van der Waals surface area contributed by atoms with Gasteiger partial charge in [-0.25, -0.2) is 28.5 Å². The Hall–Kier alpha value is -12.3. The second-order valence-corrected chi connectivity index (χ2v) is 27.8. The van der Waals surface area contributed by atoms with Crippen LogP contribution in [0.2, 0.25) is 15.1 Å². The Labute approximate surface area is 653 Å². The van der Waals surface area contributed by atoms with Gasteiger partial charge >= 0.3 is 19.8 Å². The van der Waals surface area contributed by atoms with Crippen LogP contribution in [0.4, 0.5) is 43.4 Å². The number of carbonyl (C=O) groups is 6. The van der Waals surface area contributed by atoms with Crippen molar-refractivity contribution in [2.24, 2.45) is 0 Å². The predicted molar refractivity (Wildman–Crippen MR) is 391 cm³/mol. The van der Waals surface area contributed by atoms with E-state index in [-0.39, 0.29) is 136 Å². The minimum absolute atomic E-state index is 0.0174. The van der Waals surface area contributed by atoms with Crippen molar-refractivity contribution < 1.29 is 83.5 Å². The summed E-state index contributed by atoms with van der Waals surface area (Å²) in [5, 5.41) is 35.1. The average molecular weight is 1630 g/mol. The minimum atomic E-state index is -3.10. The van der Waals surface area contributed by atoms with Gasteiger partial charge in [0.05, 0.1) is 112 Å². The van der Waals surface area contributed by atoms with Crippen molar-refractivity contribution in [1.82, 2.24) is 87.8 Å². The molecule has 1 unspecified atom stereocenters. The summed E-state index contributed by atoms with van der Waals surface area (Å²) in [5.74, 6) is -2.61. The SMILES string of the molecule is O=C(Nc1cn(C2CCN(C3COC3)C2=O)nc1-c1cc(Cl)ccc1OC(F)F)c1cnn2cccnc12.O=C(Nc1cn([C@@H]2CCN(C3COC3)C2=O)nc1-c1cc(Cl)ccc1OC(F)F)c1cnn2cccnc12.O=C(Nc1cn([C@H]2CCN(C3COC3)C2=O)nc1-c1cc(Cl)ccc1OC(F)F)c1cnn2cccnc12. The largest absolute Gasteiger partial charge is 0.434 e. The van der Waals surface area contributed by atoms with E-state index >= 15 is 0 Å². The molecule has 0 bridgehead atoms. The molecule has 0 spiro atoms. The Kier molecular flexibility index (Phi) is 21.3. The summed E-state index contributed by atoms with van der Waals surface area (Å²) in [6.07, 6.45) is 19.6. The van der Waals surface area contributed by atoms with E-state index in [4.69, 9.17) is 63.2 Å². The van der Waals surface area contributed by atoms with Crippen LogP contribution in [-0.4, -0.2) is 221 Å². The number of rotatable bonds is 21. The number of ether oxygens (including phenoxy) is 6. The first-order valence-corrected chi connectivity index (χ1v) is 36.3. The Morgan fingerprint density at radius 2 is 0.711 bits per heavy atom. The Bertz CT molecular complexity index is 5150. The molecule has 12 aromatic rings. The Morgan fingerprint density at radius 1 is 0.430 bits per heavy atom. The van der Waals surface area contributed by atoms with Crippen molar-refractivity contribution in [2.75, 3.05) is 75.2 Å². The van der Waals surface area contributed by atoms with Gasteiger partial charge in [-0.15, -0.1) is 0 Å². The van der Waals surface area contributed by atoms with Gasteiger partial charge in [-0.05, 0) is 92.1 Å². The molecule has 6 amide bonds. The van der Waals surface area contributed by atoms with Gasteiger partial charge in [-0.1, -0.05) is 34.8 Å². The lowest BCUT2D eigenvalue weighted by atomic mass is 10.1. The molecule has 15 heterocycles. The number of likely N-dealkylation sites (tertiary alicyclic amines) is 3. The van der Waals surface area contributed by atoms with Crippen molar-refractivity contribution in [3.8, 4) is 51.0 Å². The summed E-state index contributed by atoms with van der Waals surface area (Å²) < 4.78 is 118. The molecular formula is C72H60Cl3F6N21O12. The first kappa shape index (κ1) is 75.7. The number of alkyl halides is 6. The zero-order valence-corrected chi connectivity index (χ0v) is 61.2. The van der Waals surface area contributed by atoms with Crippen molar-refractivity contribution in [3.05, 3.63) is 179 Å². The topological polar surface area (TPSA) is 348 Å². The van der Waals surface area contributed by atoms with E-state index in [0.29, 0.717) is 95.5 Å². The summed E-state index contributed by atoms with van der Waals surface area (Å²) in [4.78, 5) is 97.2. The maximum atomic E-state index is 13.3. The fourth-order valence-electron chi connectivity index (χ4n) is 13.8. The van der Waals surface area contributed by atoms with Crippen LogP contribution >= 0.6 is 34.8 Å². The van der Waals surface area contributed by atoms with E-state index in [9.17, 15) is 55.1 Å². The number of halogens is 9. The number of fused-ring (bicyclic) bond motifs is 3. The molecule has 6 fully saturated rings. The summed E-state index contributed by atoms with van der Waals surface area (Å²) >= 11 is 18.6. The van der Waals surface area contributed by atoms with Gasteiger partial charge < -0.3 is 59.1 Å². The standard InChI is InChI=1S/3C24H20ClF2N7O4/c3*25-13-2-3-19(38-24(26)27)15(8-13)20-17(30-22(35)16-9-29-33-6-1-5-28-21(16)33)10-34(31-20)18-4-7-32(23(18)36)14-11-37-12-14/h3*1-3,5-6,8-10,14,18,24H,4,7,11-12H2,(H,30,35)/t2*18-;/m10./s1. The van der Waals surface area contributed by atoms with E-state index in [1.54, 1.807) is 51.5 Å². The molecule has 18 rings (SSSR count). The number of benzene rings is 3. The van der Waals surface area contributed by atoms with Crippen molar-refractivity contribution in [3.63, 3.8) is 0 Å². The highest BCUT2D eigenvalue weighted by Crippen LogP contribution is 2.43. The molecule has 6 saturated heterocycles. The van der Waals surface area contributed by atoms with Gasteiger partial charge in [-0.3, -0.25) is 42.8 Å². The predicted octanol–water partition coefficient (Wildman–Crippen LogP) is 9.82. The number of hydrogen-bond donors (Lipinski definition) is 3. The molecule has 0 saturated carbocycles. The minimum Gasteiger partial charge on any atom is -0.434 e. The highest BCUT2D eigenvalue weighted by atomic mass is 35.5. The molecule has 0 aliphatic carbocycles. The second kappa shape index (κ2) is 32.1. The zero-order chi connectivity index (χ0) is 79.2. The zero-order valence-electron chi connectivity index (χ0n) is 58.9. The molecule has 6 aliphatic rings. The maximum absolute atomic E-state index is 13.3. The molecule has 33 nitrogen and oxygen atoms in total. The van der Waals surface area contributed by atoms with E-state index in [2.05, 4.69) is 61.5 Å². The van der Waals surface area contributed by atoms with Crippen LogP contribution in [0, 0.1) is 0 Å². The van der Waals surface area contributed by atoms with Crippen LogP contribution in [0.1, 0.15) is 68.5 Å². The number of amides is 6. The molecule has 3 N–H and O–H groups in total. The smallest absolute Gasteiger partial charge is 0.387 e. The third kappa shape index (κ3) is 15.3. The van der Waals surface area contributed by atoms with Crippen LogP contribution in [0.5, 0.6) is 17.2 Å². The van der Waals surface area contributed by atoms with Gasteiger partial charge in [0.15, 0.2) is 16.9 Å².